The summed E-state index contributed by atoms with van der Waals surface area (Å²) in [4.78, 5) is 12.4. The Morgan fingerprint density at radius 2 is 1.92 bits per heavy atom. The van der Waals surface area contributed by atoms with Crippen LogP contribution in [0.3, 0.4) is 0 Å². The summed E-state index contributed by atoms with van der Waals surface area (Å²) in [5.41, 5.74) is 5.43. The summed E-state index contributed by atoms with van der Waals surface area (Å²) >= 11 is 6.16. The Balaban J connectivity index is 2.04. The third-order valence-electron chi connectivity index (χ3n) is 3.28. The first-order chi connectivity index (χ1) is 12.4. The van der Waals surface area contributed by atoms with Crippen LogP contribution in [0.5, 0.6) is 0 Å². The number of para-hydroxylation sites is 1. The Morgan fingerprint density at radius 3 is 2.62 bits per heavy atom. The highest BCUT2D eigenvalue weighted by molar-refractivity contribution is 7.94. The van der Waals surface area contributed by atoms with Gasteiger partial charge in [0.25, 0.3) is 15.9 Å². The van der Waals surface area contributed by atoms with E-state index in [0.29, 0.717) is 11.7 Å². The van der Waals surface area contributed by atoms with Crippen molar-refractivity contribution in [1.82, 2.24) is 16.2 Å². The van der Waals surface area contributed by atoms with Crippen molar-refractivity contribution >= 4 is 50.3 Å². The summed E-state index contributed by atoms with van der Waals surface area (Å²) in [6, 6.07) is 9.49. The zero-order valence-electron chi connectivity index (χ0n) is 14.1. The van der Waals surface area contributed by atoms with E-state index >= 15 is 0 Å². The summed E-state index contributed by atoms with van der Waals surface area (Å²) < 4.78 is 27.4. The molecule has 0 fully saturated rings. The highest BCUT2D eigenvalue weighted by Crippen LogP contribution is 2.22. The smallest absolute Gasteiger partial charge is 0.271 e. The minimum Gasteiger partial charge on any atom is -0.361 e. The molecule has 0 radical (unpaired) electrons. The molecule has 1 aromatic heterocycles. The Bertz CT molecular complexity index is 851. The zero-order chi connectivity index (χ0) is 19.0. The maximum atomic E-state index is 12.4. The summed E-state index contributed by atoms with van der Waals surface area (Å²) in [7, 11) is -3.74. The molecule has 0 spiro atoms. The second-order valence-electron chi connectivity index (χ2n) is 5.27. The van der Waals surface area contributed by atoms with Gasteiger partial charge in [-0.2, -0.15) is 0 Å². The van der Waals surface area contributed by atoms with Gasteiger partial charge in [0.15, 0.2) is 5.11 Å². The van der Waals surface area contributed by atoms with Crippen molar-refractivity contribution in [2.75, 3.05) is 11.3 Å². The summed E-state index contributed by atoms with van der Waals surface area (Å²) in [6.45, 7) is 2.77. The number of sulfonamides is 1. The number of amides is 1. The first kappa shape index (κ1) is 20.1. The maximum Gasteiger partial charge on any atom is 0.271 e. The maximum absolute atomic E-state index is 12.4. The molecule has 1 aromatic carbocycles. The van der Waals surface area contributed by atoms with E-state index in [4.69, 9.17) is 12.2 Å². The molecule has 0 bridgehead atoms. The van der Waals surface area contributed by atoms with Gasteiger partial charge < -0.3 is 5.32 Å². The molecule has 0 aliphatic heterocycles. The van der Waals surface area contributed by atoms with Crippen LogP contribution < -0.4 is 20.9 Å². The molecule has 2 rings (SSSR count). The Hall–Kier alpha value is -2.17. The monoisotopic (exact) mass is 412 g/mol. The molecule has 0 aliphatic carbocycles. The quantitative estimate of drug-likeness (QED) is 0.317. The molecule has 0 aliphatic rings. The lowest BCUT2D eigenvalue weighted by molar-refractivity contribution is 0.0944. The van der Waals surface area contributed by atoms with E-state index in [2.05, 4.69) is 27.8 Å². The minimum atomic E-state index is -3.74. The second-order valence-corrected chi connectivity index (χ2v) is 8.54. The fraction of sp³-hybridized carbons (Fsp3) is 0.250. The SMILES string of the molecule is CCCCNC(=S)NNC(=O)c1ccccc1NS(=O)(=O)c1cccs1. The topological polar surface area (TPSA) is 99.3 Å². The van der Waals surface area contributed by atoms with Gasteiger partial charge in [0, 0.05) is 6.54 Å². The van der Waals surface area contributed by atoms with Crippen molar-refractivity contribution in [1.29, 1.82) is 0 Å². The molecule has 0 saturated heterocycles. The first-order valence-corrected chi connectivity index (χ1v) is 10.7. The molecular formula is C16H20N4O3S3. The number of thiophene rings is 1. The van der Waals surface area contributed by atoms with Gasteiger partial charge in [0.2, 0.25) is 0 Å². The standard InChI is InChI=1S/C16H20N4O3S3/c1-2-3-10-17-16(24)19-18-15(21)12-7-4-5-8-13(12)20-26(22,23)14-9-6-11-25-14/h4-9,11,20H,2-3,10H2,1H3,(H,18,21)(H2,17,19,24). The van der Waals surface area contributed by atoms with Gasteiger partial charge in [-0.1, -0.05) is 31.5 Å². The van der Waals surface area contributed by atoms with Crippen LogP contribution in [0.25, 0.3) is 0 Å². The number of nitrogens with one attached hydrogen (secondary N) is 4. The molecule has 1 amide bonds. The third kappa shape index (κ3) is 5.68. The molecule has 0 unspecified atom stereocenters. The van der Waals surface area contributed by atoms with E-state index in [1.54, 1.807) is 23.6 Å². The number of rotatable bonds is 7. The van der Waals surface area contributed by atoms with Gasteiger partial charge in [-0.3, -0.25) is 20.4 Å². The number of unbranched alkanes of at least 4 members (excludes halogenated alkanes) is 1. The second kappa shape index (κ2) is 9.51. The van der Waals surface area contributed by atoms with Gasteiger partial charge in [-0.25, -0.2) is 8.42 Å². The third-order valence-corrected chi connectivity index (χ3v) is 6.29. The number of hydrazine groups is 1. The number of carbonyl (C=O) groups is 1. The molecule has 140 valence electrons. The number of thiocarbonyl (C=S) groups is 1. The molecule has 7 nitrogen and oxygen atoms in total. The molecule has 0 saturated carbocycles. The largest absolute Gasteiger partial charge is 0.361 e. The van der Waals surface area contributed by atoms with Gasteiger partial charge >= 0.3 is 0 Å². The van der Waals surface area contributed by atoms with E-state index in [0.717, 1.165) is 24.2 Å². The first-order valence-electron chi connectivity index (χ1n) is 7.93. The fourth-order valence-electron chi connectivity index (χ4n) is 1.99. The van der Waals surface area contributed by atoms with Gasteiger partial charge in [0.1, 0.15) is 4.21 Å². The van der Waals surface area contributed by atoms with E-state index in [1.807, 2.05) is 0 Å². The molecule has 10 heteroatoms. The van der Waals surface area contributed by atoms with Crippen molar-refractivity contribution in [2.45, 2.75) is 24.0 Å². The summed E-state index contributed by atoms with van der Waals surface area (Å²) in [5, 5.41) is 4.92. The fourth-order valence-corrected chi connectivity index (χ4v) is 4.21. The van der Waals surface area contributed by atoms with Gasteiger partial charge in [0.05, 0.1) is 11.3 Å². The Kier molecular flexibility index (Phi) is 7.37. The molecule has 4 N–H and O–H groups in total. The van der Waals surface area contributed by atoms with Crippen LogP contribution in [0, 0.1) is 0 Å². The normalized spacial score (nSPS) is 10.8. The number of hydrogen-bond donors (Lipinski definition) is 4. The van der Waals surface area contributed by atoms with E-state index < -0.39 is 15.9 Å². The zero-order valence-corrected chi connectivity index (χ0v) is 16.6. The molecule has 0 atom stereocenters. The Labute approximate surface area is 162 Å². The molecule has 2 aromatic rings. The van der Waals surface area contributed by atoms with Crippen LogP contribution in [0.15, 0.2) is 46.0 Å². The van der Waals surface area contributed by atoms with Crippen LogP contribution in [-0.4, -0.2) is 26.0 Å². The highest BCUT2D eigenvalue weighted by Gasteiger charge is 2.19. The lowest BCUT2D eigenvalue weighted by Gasteiger charge is -2.14. The van der Waals surface area contributed by atoms with Crippen molar-refractivity contribution in [2.24, 2.45) is 0 Å². The lowest BCUT2D eigenvalue weighted by Crippen LogP contribution is -2.47. The van der Waals surface area contributed by atoms with E-state index in [-0.39, 0.29) is 15.5 Å². The summed E-state index contributed by atoms with van der Waals surface area (Å²) in [5.74, 6) is -0.505. The highest BCUT2D eigenvalue weighted by atomic mass is 32.2. The number of benzene rings is 1. The van der Waals surface area contributed by atoms with Crippen molar-refractivity contribution in [3.63, 3.8) is 0 Å². The van der Waals surface area contributed by atoms with Crippen LogP contribution in [0.1, 0.15) is 30.1 Å². The van der Waals surface area contributed by atoms with Gasteiger partial charge in [-0.05, 0) is 42.2 Å². The van der Waals surface area contributed by atoms with Crippen molar-refractivity contribution in [3.8, 4) is 0 Å². The average Bonchev–Trinajstić information content (AvgIpc) is 3.16. The number of hydrogen-bond acceptors (Lipinski definition) is 5. The average molecular weight is 413 g/mol. The van der Waals surface area contributed by atoms with E-state index in [9.17, 15) is 13.2 Å². The van der Waals surface area contributed by atoms with Crippen molar-refractivity contribution < 1.29 is 13.2 Å². The summed E-state index contributed by atoms with van der Waals surface area (Å²) in [6.07, 6.45) is 1.99. The predicted octanol–water partition coefficient (Wildman–Crippen LogP) is 2.46. The Morgan fingerprint density at radius 1 is 1.15 bits per heavy atom. The number of anilines is 1. The van der Waals surface area contributed by atoms with Crippen molar-refractivity contribution in [3.05, 3.63) is 47.3 Å². The number of carbonyl (C=O) groups excluding carboxylic acids is 1. The van der Waals surface area contributed by atoms with E-state index in [1.165, 1.54) is 18.2 Å². The van der Waals surface area contributed by atoms with Gasteiger partial charge in [-0.15, -0.1) is 11.3 Å². The van der Waals surface area contributed by atoms with Crippen LogP contribution >= 0.6 is 23.6 Å². The van der Waals surface area contributed by atoms with Crippen LogP contribution in [-0.2, 0) is 10.0 Å². The predicted molar refractivity (Wildman–Crippen MR) is 108 cm³/mol. The lowest BCUT2D eigenvalue weighted by atomic mass is 10.2. The van der Waals surface area contributed by atoms with Crippen LogP contribution in [0.4, 0.5) is 5.69 Å². The molecule has 26 heavy (non-hydrogen) atoms. The van der Waals surface area contributed by atoms with Crippen LogP contribution in [0.2, 0.25) is 0 Å². The molecule has 1 heterocycles. The molecular weight excluding hydrogens is 392 g/mol. The minimum absolute atomic E-state index is 0.173.